The van der Waals surface area contributed by atoms with E-state index in [0.29, 0.717) is 0 Å². The topological polar surface area (TPSA) is 12.0 Å². The molecular weight excluding hydrogens is 286 g/mol. The Hall–Kier alpha value is -0.340. The summed E-state index contributed by atoms with van der Waals surface area (Å²) in [6.45, 7) is 9.17. The lowest BCUT2D eigenvalue weighted by Gasteiger charge is -2.17. The largest absolute Gasteiger partial charge is 0.317 e. The molecule has 0 bridgehead atoms. The van der Waals surface area contributed by atoms with E-state index in [1.165, 1.54) is 54.4 Å². The van der Waals surface area contributed by atoms with Crippen LogP contribution in [0.15, 0.2) is 22.7 Å². The molecule has 1 fully saturated rings. The van der Waals surface area contributed by atoms with Crippen LogP contribution >= 0.6 is 15.9 Å². The first kappa shape index (κ1) is 15.7. The van der Waals surface area contributed by atoms with Crippen LogP contribution in [-0.2, 0) is 6.42 Å². The zero-order valence-corrected chi connectivity index (χ0v) is 13.5. The van der Waals surface area contributed by atoms with E-state index in [-0.39, 0.29) is 0 Å². The van der Waals surface area contributed by atoms with Gasteiger partial charge in [-0.15, -0.1) is 0 Å². The van der Waals surface area contributed by atoms with Crippen LogP contribution in [0.3, 0.4) is 0 Å². The maximum atomic E-state index is 3.45. The SMILES string of the molecule is CC1CCNCC1.CCCc1ccc(Br)cc1C. The number of aryl methyl sites for hydroxylation is 2. The first-order valence-electron chi connectivity index (χ1n) is 7.09. The van der Waals surface area contributed by atoms with Crippen molar-refractivity contribution in [3.8, 4) is 0 Å². The third-order valence-electron chi connectivity index (χ3n) is 3.45. The van der Waals surface area contributed by atoms with Crippen LogP contribution in [0.4, 0.5) is 0 Å². The van der Waals surface area contributed by atoms with E-state index >= 15 is 0 Å². The Balaban J connectivity index is 0.000000199. The molecule has 0 spiro atoms. The summed E-state index contributed by atoms with van der Waals surface area (Å²) >= 11 is 3.45. The normalized spacial score (nSPS) is 16.0. The van der Waals surface area contributed by atoms with Gasteiger partial charge in [0, 0.05) is 4.47 Å². The molecule has 0 unspecified atom stereocenters. The molecule has 1 aliphatic heterocycles. The van der Waals surface area contributed by atoms with E-state index in [1.807, 2.05) is 0 Å². The van der Waals surface area contributed by atoms with Crippen LogP contribution in [0.2, 0.25) is 0 Å². The Labute approximate surface area is 120 Å². The molecule has 1 saturated heterocycles. The summed E-state index contributed by atoms with van der Waals surface area (Å²) in [5.41, 5.74) is 2.86. The maximum absolute atomic E-state index is 3.45. The van der Waals surface area contributed by atoms with Gasteiger partial charge in [-0.25, -0.2) is 0 Å². The minimum atomic E-state index is 0.973. The molecule has 1 nitrogen and oxygen atoms in total. The number of hydrogen-bond acceptors (Lipinski definition) is 1. The third kappa shape index (κ3) is 6.01. The third-order valence-corrected chi connectivity index (χ3v) is 3.95. The molecule has 18 heavy (non-hydrogen) atoms. The van der Waals surface area contributed by atoms with Crippen molar-refractivity contribution >= 4 is 15.9 Å². The zero-order chi connectivity index (χ0) is 13.4. The minimum absolute atomic E-state index is 0.973. The molecule has 0 aliphatic carbocycles. The second-order valence-corrected chi connectivity index (χ2v) is 6.17. The molecular formula is C16H26BrN. The van der Waals surface area contributed by atoms with Crippen LogP contribution < -0.4 is 5.32 Å². The van der Waals surface area contributed by atoms with Gasteiger partial charge in [0.05, 0.1) is 0 Å². The predicted octanol–water partition coefficient (Wildman–Crippen LogP) is 4.72. The average molecular weight is 312 g/mol. The monoisotopic (exact) mass is 311 g/mol. The Morgan fingerprint density at radius 3 is 2.39 bits per heavy atom. The lowest BCUT2D eigenvalue weighted by atomic mass is 10.0. The average Bonchev–Trinajstić information content (AvgIpc) is 2.35. The summed E-state index contributed by atoms with van der Waals surface area (Å²) in [5, 5.41) is 3.32. The van der Waals surface area contributed by atoms with Crippen molar-refractivity contribution in [3.63, 3.8) is 0 Å². The molecule has 1 aromatic carbocycles. The summed E-state index contributed by atoms with van der Waals surface area (Å²) < 4.78 is 1.18. The summed E-state index contributed by atoms with van der Waals surface area (Å²) in [5.74, 6) is 0.973. The summed E-state index contributed by atoms with van der Waals surface area (Å²) in [4.78, 5) is 0. The highest BCUT2D eigenvalue weighted by molar-refractivity contribution is 9.10. The molecule has 1 aromatic rings. The first-order chi connectivity index (χ1) is 8.63. The zero-order valence-electron chi connectivity index (χ0n) is 11.9. The molecule has 0 aromatic heterocycles. The minimum Gasteiger partial charge on any atom is -0.317 e. The fraction of sp³-hybridized carbons (Fsp3) is 0.625. The molecule has 0 radical (unpaired) electrons. The predicted molar refractivity (Wildman–Crippen MR) is 84.1 cm³/mol. The van der Waals surface area contributed by atoms with Gasteiger partial charge in [0.15, 0.2) is 0 Å². The molecule has 2 heteroatoms. The molecule has 1 aliphatic rings. The van der Waals surface area contributed by atoms with Crippen molar-refractivity contribution in [1.29, 1.82) is 0 Å². The van der Waals surface area contributed by atoms with Crippen molar-refractivity contribution in [1.82, 2.24) is 5.32 Å². The number of halogens is 1. The van der Waals surface area contributed by atoms with Crippen molar-refractivity contribution in [2.45, 2.75) is 46.5 Å². The Morgan fingerprint density at radius 2 is 1.94 bits per heavy atom. The van der Waals surface area contributed by atoms with Gasteiger partial charge < -0.3 is 5.32 Å². The highest BCUT2D eigenvalue weighted by Crippen LogP contribution is 2.16. The number of nitrogens with one attached hydrogen (secondary N) is 1. The first-order valence-corrected chi connectivity index (χ1v) is 7.88. The summed E-state index contributed by atoms with van der Waals surface area (Å²) in [6, 6.07) is 6.48. The van der Waals surface area contributed by atoms with E-state index in [1.54, 1.807) is 0 Å². The van der Waals surface area contributed by atoms with Crippen LogP contribution in [0.1, 0.15) is 44.2 Å². The van der Waals surface area contributed by atoms with E-state index in [2.05, 4.69) is 60.2 Å². The standard InChI is InChI=1S/C10H13Br.C6H13N/c1-3-4-9-5-6-10(11)7-8(9)2;1-6-2-4-7-5-3-6/h5-7H,3-4H2,1-2H3;6-7H,2-5H2,1H3. The van der Waals surface area contributed by atoms with Gasteiger partial charge in [0.2, 0.25) is 0 Å². The molecule has 1 N–H and O–H groups in total. The van der Waals surface area contributed by atoms with Gasteiger partial charge >= 0.3 is 0 Å². The maximum Gasteiger partial charge on any atom is 0.0178 e. The molecule has 0 amide bonds. The van der Waals surface area contributed by atoms with E-state index in [9.17, 15) is 0 Å². The van der Waals surface area contributed by atoms with Gasteiger partial charge in [0.25, 0.3) is 0 Å². The fourth-order valence-corrected chi connectivity index (χ4v) is 2.65. The number of piperidine rings is 1. The number of hydrogen-bond donors (Lipinski definition) is 1. The Morgan fingerprint density at radius 1 is 1.28 bits per heavy atom. The molecule has 0 saturated carbocycles. The Bertz CT molecular complexity index is 343. The fourth-order valence-electron chi connectivity index (χ4n) is 2.18. The molecule has 2 rings (SSSR count). The van der Waals surface area contributed by atoms with Gasteiger partial charge in [-0.2, -0.15) is 0 Å². The number of rotatable bonds is 2. The van der Waals surface area contributed by atoms with Crippen molar-refractivity contribution in [2.24, 2.45) is 5.92 Å². The Kier molecular flexibility index (Phi) is 7.60. The van der Waals surface area contributed by atoms with Crippen molar-refractivity contribution < 1.29 is 0 Å². The van der Waals surface area contributed by atoms with Gasteiger partial charge in [0.1, 0.15) is 0 Å². The highest BCUT2D eigenvalue weighted by Gasteiger charge is 2.05. The highest BCUT2D eigenvalue weighted by atomic mass is 79.9. The second kappa shape index (κ2) is 8.71. The van der Waals surface area contributed by atoms with E-state index < -0.39 is 0 Å². The van der Waals surface area contributed by atoms with Gasteiger partial charge in [-0.3, -0.25) is 0 Å². The summed E-state index contributed by atoms with van der Waals surface area (Å²) in [6.07, 6.45) is 5.17. The van der Waals surface area contributed by atoms with Crippen LogP contribution in [0.5, 0.6) is 0 Å². The van der Waals surface area contributed by atoms with Crippen LogP contribution in [0.25, 0.3) is 0 Å². The lowest BCUT2D eigenvalue weighted by Crippen LogP contribution is -2.26. The lowest BCUT2D eigenvalue weighted by molar-refractivity contribution is 0.402. The quantitative estimate of drug-likeness (QED) is 0.833. The van der Waals surface area contributed by atoms with Crippen molar-refractivity contribution in [3.05, 3.63) is 33.8 Å². The van der Waals surface area contributed by atoms with E-state index in [0.717, 1.165) is 5.92 Å². The van der Waals surface area contributed by atoms with E-state index in [4.69, 9.17) is 0 Å². The van der Waals surface area contributed by atoms with Crippen molar-refractivity contribution in [2.75, 3.05) is 13.1 Å². The van der Waals surface area contributed by atoms with Crippen LogP contribution in [-0.4, -0.2) is 13.1 Å². The van der Waals surface area contributed by atoms with Crippen LogP contribution in [0, 0.1) is 12.8 Å². The van der Waals surface area contributed by atoms with Gasteiger partial charge in [-0.05, 0) is 68.5 Å². The molecule has 0 atom stereocenters. The summed E-state index contributed by atoms with van der Waals surface area (Å²) in [7, 11) is 0. The van der Waals surface area contributed by atoms with Gasteiger partial charge in [-0.1, -0.05) is 42.3 Å². The smallest absolute Gasteiger partial charge is 0.0178 e. The number of benzene rings is 1. The molecule has 1 heterocycles. The second-order valence-electron chi connectivity index (χ2n) is 5.25. The molecule has 102 valence electrons.